The molecule has 2 rings (SSSR count). The van der Waals surface area contributed by atoms with Crippen molar-refractivity contribution in [1.82, 2.24) is 4.90 Å². The Labute approximate surface area is 122 Å². The Morgan fingerprint density at radius 3 is 2.52 bits per heavy atom. The molecule has 1 saturated carbocycles. The third-order valence-electron chi connectivity index (χ3n) is 3.66. The molecule has 0 saturated heterocycles. The van der Waals surface area contributed by atoms with Crippen molar-refractivity contribution in [1.29, 1.82) is 0 Å². The molecule has 0 spiro atoms. The minimum absolute atomic E-state index is 0.0101. The summed E-state index contributed by atoms with van der Waals surface area (Å²) in [4.78, 5) is 24.1. The number of carbonyl (C=O) groups excluding carboxylic acids is 1. The number of aliphatic hydroxyl groups is 1. The highest BCUT2D eigenvalue weighted by Gasteiger charge is 2.28. The van der Waals surface area contributed by atoms with Crippen molar-refractivity contribution < 1.29 is 14.8 Å². The molecule has 0 radical (unpaired) electrons. The number of anilines is 1. The highest BCUT2D eigenvalue weighted by molar-refractivity contribution is 5.89. The summed E-state index contributed by atoms with van der Waals surface area (Å²) in [5.74, 6) is 0. The Morgan fingerprint density at radius 1 is 1.38 bits per heavy atom. The number of aliphatic hydroxyl groups excluding tert-OH is 1. The van der Waals surface area contributed by atoms with Gasteiger partial charge in [-0.3, -0.25) is 10.1 Å². The third kappa shape index (κ3) is 3.91. The van der Waals surface area contributed by atoms with Crippen molar-refractivity contribution in [3.63, 3.8) is 0 Å². The molecule has 1 aromatic rings. The first-order chi connectivity index (χ1) is 10.1. The summed E-state index contributed by atoms with van der Waals surface area (Å²) in [6, 6.07) is 5.76. The van der Waals surface area contributed by atoms with Crippen LogP contribution in [0.4, 0.5) is 16.2 Å². The lowest BCUT2D eigenvalue weighted by Gasteiger charge is -2.37. The van der Waals surface area contributed by atoms with Crippen LogP contribution in [-0.4, -0.2) is 40.2 Å². The van der Waals surface area contributed by atoms with E-state index < -0.39 is 4.92 Å². The summed E-state index contributed by atoms with van der Waals surface area (Å²) in [5.41, 5.74) is 0.517. The van der Waals surface area contributed by atoms with E-state index in [-0.39, 0.29) is 24.4 Å². The van der Waals surface area contributed by atoms with E-state index in [4.69, 9.17) is 5.11 Å². The molecule has 7 heteroatoms. The molecule has 0 bridgehead atoms. The molecule has 0 heterocycles. The van der Waals surface area contributed by atoms with Gasteiger partial charge in [-0.1, -0.05) is 0 Å². The second-order valence-corrected chi connectivity index (χ2v) is 5.09. The molecule has 2 amide bonds. The van der Waals surface area contributed by atoms with Gasteiger partial charge in [0.1, 0.15) is 0 Å². The lowest BCUT2D eigenvalue weighted by Crippen LogP contribution is -2.46. The molecular weight excluding hydrogens is 274 g/mol. The molecule has 0 aliphatic heterocycles. The number of benzene rings is 1. The molecular formula is C14H19N3O4. The lowest BCUT2D eigenvalue weighted by molar-refractivity contribution is -0.384. The molecule has 1 aromatic carbocycles. The number of hydrogen-bond acceptors (Lipinski definition) is 4. The van der Waals surface area contributed by atoms with Crippen LogP contribution in [0.2, 0.25) is 0 Å². The minimum Gasteiger partial charge on any atom is -0.396 e. The van der Waals surface area contributed by atoms with Crippen LogP contribution in [0.1, 0.15) is 25.7 Å². The standard InChI is InChI=1S/C14H19N3O4/c18-10-2-9-16(12-3-1-4-12)14(19)15-11-5-7-13(8-6-11)17(20)21/h5-8,12,18H,1-4,9-10H2,(H,15,19). The Bertz CT molecular complexity index is 499. The number of nitrogens with one attached hydrogen (secondary N) is 1. The molecule has 0 atom stereocenters. The first-order valence-electron chi connectivity index (χ1n) is 7.05. The van der Waals surface area contributed by atoms with Gasteiger partial charge in [0.2, 0.25) is 0 Å². The van der Waals surface area contributed by atoms with E-state index in [2.05, 4.69) is 5.32 Å². The van der Waals surface area contributed by atoms with E-state index in [1.165, 1.54) is 24.3 Å². The number of nitro groups is 1. The van der Waals surface area contributed by atoms with Crippen LogP contribution in [0.3, 0.4) is 0 Å². The fourth-order valence-electron chi connectivity index (χ4n) is 2.25. The molecule has 1 aliphatic carbocycles. The van der Waals surface area contributed by atoms with Gasteiger partial charge in [-0.25, -0.2) is 4.79 Å². The van der Waals surface area contributed by atoms with E-state index in [1.807, 2.05) is 0 Å². The predicted molar refractivity (Wildman–Crippen MR) is 78.2 cm³/mol. The zero-order chi connectivity index (χ0) is 15.2. The van der Waals surface area contributed by atoms with E-state index in [1.54, 1.807) is 4.90 Å². The molecule has 1 aliphatic rings. The molecule has 2 N–H and O–H groups in total. The molecule has 1 fully saturated rings. The topological polar surface area (TPSA) is 95.7 Å². The minimum atomic E-state index is -0.479. The maximum atomic E-state index is 12.3. The highest BCUT2D eigenvalue weighted by atomic mass is 16.6. The molecule has 0 aromatic heterocycles. The molecule has 7 nitrogen and oxygen atoms in total. The van der Waals surface area contributed by atoms with Crippen LogP contribution >= 0.6 is 0 Å². The van der Waals surface area contributed by atoms with Gasteiger partial charge in [-0.05, 0) is 37.8 Å². The second kappa shape index (κ2) is 7.03. The number of nitrogens with zero attached hydrogens (tertiary/aromatic N) is 2. The van der Waals surface area contributed by atoms with Crippen molar-refractivity contribution in [3.8, 4) is 0 Å². The van der Waals surface area contributed by atoms with Gasteiger partial charge in [0, 0.05) is 37.0 Å². The van der Waals surface area contributed by atoms with Crippen molar-refractivity contribution in [2.45, 2.75) is 31.7 Å². The first kappa shape index (κ1) is 15.2. The van der Waals surface area contributed by atoms with Gasteiger partial charge in [0.25, 0.3) is 5.69 Å². The Morgan fingerprint density at radius 2 is 2.05 bits per heavy atom. The van der Waals surface area contributed by atoms with E-state index in [9.17, 15) is 14.9 Å². The third-order valence-corrected chi connectivity index (χ3v) is 3.66. The quantitative estimate of drug-likeness (QED) is 0.621. The fraction of sp³-hybridized carbons (Fsp3) is 0.500. The Hall–Kier alpha value is -2.15. The van der Waals surface area contributed by atoms with Crippen LogP contribution in [0.25, 0.3) is 0 Å². The van der Waals surface area contributed by atoms with Gasteiger partial charge < -0.3 is 15.3 Å². The lowest BCUT2D eigenvalue weighted by atomic mass is 9.91. The van der Waals surface area contributed by atoms with Crippen LogP contribution in [-0.2, 0) is 0 Å². The van der Waals surface area contributed by atoms with Gasteiger partial charge in [-0.15, -0.1) is 0 Å². The number of nitro benzene ring substituents is 1. The SMILES string of the molecule is O=C(Nc1ccc([N+](=O)[O-])cc1)N(CCCO)C1CCC1. The van der Waals surface area contributed by atoms with Crippen LogP contribution in [0, 0.1) is 10.1 Å². The van der Waals surface area contributed by atoms with Gasteiger partial charge in [0.05, 0.1) is 4.92 Å². The highest BCUT2D eigenvalue weighted by Crippen LogP contribution is 2.26. The number of hydrogen-bond donors (Lipinski definition) is 2. The first-order valence-corrected chi connectivity index (χ1v) is 7.05. The monoisotopic (exact) mass is 293 g/mol. The van der Waals surface area contributed by atoms with Gasteiger partial charge in [0.15, 0.2) is 0 Å². The van der Waals surface area contributed by atoms with Crippen LogP contribution < -0.4 is 5.32 Å². The molecule has 21 heavy (non-hydrogen) atoms. The number of rotatable bonds is 6. The molecule has 114 valence electrons. The zero-order valence-corrected chi connectivity index (χ0v) is 11.7. The van der Waals surface area contributed by atoms with Gasteiger partial charge >= 0.3 is 6.03 Å². The summed E-state index contributed by atoms with van der Waals surface area (Å²) >= 11 is 0. The van der Waals surface area contributed by atoms with Crippen molar-refractivity contribution in [2.75, 3.05) is 18.5 Å². The zero-order valence-electron chi connectivity index (χ0n) is 11.7. The number of urea groups is 1. The van der Waals surface area contributed by atoms with Crippen LogP contribution in [0.5, 0.6) is 0 Å². The Balaban J connectivity index is 1.98. The summed E-state index contributed by atoms with van der Waals surface area (Å²) in [7, 11) is 0. The van der Waals surface area contributed by atoms with E-state index >= 15 is 0 Å². The van der Waals surface area contributed by atoms with Gasteiger partial charge in [-0.2, -0.15) is 0 Å². The molecule has 0 unspecified atom stereocenters. The van der Waals surface area contributed by atoms with E-state index in [0.717, 1.165) is 19.3 Å². The normalized spacial score (nSPS) is 14.3. The van der Waals surface area contributed by atoms with E-state index in [0.29, 0.717) is 18.7 Å². The number of non-ortho nitro benzene ring substituents is 1. The van der Waals surface area contributed by atoms with Crippen molar-refractivity contribution in [2.24, 2.45) is 0 Å². The summed E-state index contributed by atoms with van der Waals surface area (Å²) in [5, 5.41) is 22.3. The fourth-order valence-corrected chi connectivity index (χ4v) is 2.25. The number of amides is 2. The number of carbonyl (C=O) groups is 1. The summed E-state index contributed by atoms with van der Waals surface area (Å²) in [6.07, 6.45) is 3.63. The van der Waals surface area contributed by atoms with Crippen LogP contribution in [0.15, 0.2) is 24.3 Å². The maximum Gasteiger partial charge on any atom is 0.322 e. The largest absolute Gasteiger partial charge is 0.396 e. The smallest absolute Gasteiger partial charge is 0.322 e. The maximum absolute atomic E-state index is 12.3. The second-order valence-electron chi connectivity index (χ2n) is 5.09. The summed E-state index contributed by atoms with van der Waals surface area (Å²) < 4.78 is 0. The average Bonchev–Trinajstić information content (AvgIpc) is 2.41. The Kier molecular flexibility index (Phi) is 5.10. The average molecular weight is 293 g/mol. The predicted octanol–water partition coefficient (Wildman–Crippen LogP) is 2.36. The summed E-state index contributed by atoms with van der Waals surface area (Å²) in [6.45, 7) is 0.564. The van der Waals surface area contributed by atoms with Crippen molar-refractivity contribution >= 4 is 17.4 Å². The van der Waals surface area contributed by atoms with Crippen molar-refractivity contribution in [3.05, 3.63) is 34.4 Å².